The van der Waals surface area contributed by atoms with E-state index in [1.54, 1.807) is 20.8 Å². The van der Waals surface area contributed by atoms with Gasteiger partial charge in [-0.15, -0.1) is 0 Å². The molecule has 2 N–H and O–H groups in total. The van der Waals surface area contributed by atoms with Gasteiger partial charge in [0.05, 0.1) is 16.5 Å². The Hall–Kier alpha value is -2.42. The van der Waals surface area contributed by atoms with Crippen LogP contribution in [0.4, 0.5) is 13.6 Å². The lowest BCUT2D eigenvalue weighted by Gasteiger charge is -2.36. The number of thioether (sulfide) groups is 1. The van der Waals surface area contributed by atoms with Crippen molar-refractivity contribution in [1.29, 1.82) is 0 Å². The number of carboxylic acid groups (broad SMARTS) is 1. The maximum Gasteiger partial charge on any atom is 0.410 e. The summed E-state index contributed by atoms with van der Waals surface area (Å²) in [7, 11) is 0. The Labute approximate surface area is 152 Å². The molecule has 1 aromatic carbocycles. The van der Waals surface area contributed by atoms with Gasteiger partial charge in [-0.2, -0.15) is 0 Å². The number of carbonyl (C=O) groups is 1. The first-order valence-electron chi connectivity index (χ1n) is 7.84. The monoisotopic (exact) mass is 381 g/mol. The van der Waals surface area contributed by atoms with Crippen molar-refractivity contribution in [2.45, 2.75) is 38.0 Å². The van der Waals surface area contributed by atoms with Crippen LogP contribution in [-0.2, 0) is 4.75 Å². The molecule has 0 bridgehead atoms. The molecule has 1 aliphatic heterocycles. The number of amides is 1. The second-order valence-electron chi connectivity index (χ2n) is 6.28. The molecule has 0 saturated carbocycles. The highest BCUT2D eigenvalue weighted by Gasteiger charge is 2.41. The molecule has 0 radical (unpaired) electrons. The van der Waals surface area contributed by atoms with Crippen LogP contribution in [0.1, 0.15) is 42.0 Å². The lowest BCUT2D eigenvalue weighted by atomic mass is 9.89. The molecule has 1 aromatic heterocycles. The van der Waals surface area contributed by atoms with Crippen molar-refractivity contribution in [2.75, 3.05) is 0 Å². The maximum atomic E-state index is 14.4. The topological polar surface area (TPSA) is 87.7 Å². The van der Waals surface area contributed by atoms with Crippen LogP contribution in [-0.4, -0.2) is 21.5 Å². The highest BCUT2D eigenvalue weighted by atomic mass is 32.2. The summed E-state index contributed by atoms with van der Waals surface area (Å²) < 4.78 is 32.1. The fourth-order valence-corrected chi connectivity index (χ4v) is 4.46. The van der Waals surface area contributed by atoms with Gasteiger partial charge >= 0.3 is 6.09 Å². The minimum Gasteiger partial charge on any atom is -0.465 e. The number of aliphatic imine (C=N–C) groups is 1. The molecule has 0 spiro atoms. The van der Waals surface area contributed by atoms with E-state index in [9.17, 15) is 13.6 Å². The van der Waals surface area contributed by atoms with Gasteiger partial charge in [0.2, 0.25) is 0 Å². The van der Waals surface area contributed by atoms with E-state index in [4.69, 9.17) is 9.63 Å². The summed E-state index contributed by atoms with van der Waals surface area (Å²) in [5, 5.41) is 15.4. The molecule has 2 heterocycles. The summed E-state index contributed by atoms with van der Waals surface area (Å²) in [6, 6.07) is 2.91. The highest BCUT2D eigenvalue weighted by molar-refractivity contribution is 8.14. The summed E-state index contributed by atoms with van der Waals surface area (Å²) in [6.45, 7) is 5.29. The van der Waals surface area contributed by atoms with Crippen molar-refractivity contribution >= 4 is 23.0 Å². The molecule has 9 heteroatoms. The zero-order valence-electron chi connectivity index (χ0n) is 14.3. The van der Waals surface area contributed by atoms with Crippen molar-refractivity contribution in [3.63, 3.8) is 0 Å². The molecular formula is C17H17F2N3O3S. The smallest absolute Gasteiger partial charge is 0.410 e. The van der Waals surface area contributed by atoms with Gasteiger partial charge in [-0.1, -0.05) is 23.0 Å². The van der Waals surface area contributed by atoms with Gasteiger partial charge in [0.15, 0.2) is 5.17 Å². The average molecular weight is 381 g/mol. The van der Waals surface area contributed by atoms with Crippen molar-refractivity contribution in [2.24, 2.45) is 4.99 Å². The minimum atomic E-state index is -1.27. The van der Waals surface area contributed by atoms with Crippen LogP contribution in [0.3, 0.4) is 0 Å². The third kappa shape index (κ3) is 3.44. The Balaban J connectivity index is 2.08. The third-order valence-corrected chi connectivity index (χ3v) is 5.55. The molecule has 26 heavy (non-hydrogen) atoms. The van der Waals surface area contributed by atoms with E-state index >= 15 is 0 Å². The number of amidine groups is 1. The first kappa shape index (κ1) is 18.4. The standard InChI is InChI=1S/C17H17F2N3O3S/c1-8-14(9(2)25-22-8)13-7-17(3,26-15(20-13)21-16(23)24)11-5-4-10(18)6-12(11)19/h4-6,13H,7H2,1-3H3,(H,20,21)(H,23,24)/t13-,17+/m1/s1. The lowest BCUT2D eigenvalue weighted by molar-refractivity contribution is 0.200. The first-order chi connectivity index (χ1) is 12.2. The number of aryl methyl sites for hydroxylation is 2. The Morgan fingerprint density at radius 2 is 2.15 bits per heavy atom. The average Bonchev–Trinajstić information content (AvgIpc) is 2.84. The molecule has 1 aliphatic rings. The van der Waals surface area contributed by atoms with Gasteiger partial charge in [-0.05, 0) is 33.3 Å². The largest absolute Gasteiger partial charge is 0.465 e. The summed E-state index contributed by atoms with van der Waals surface area (Å²) >= 11 is 1.09. The molecular weight excluding hydrogens is 364 g/mol. The Morgan fingerprint density at radius 1 is 1.42 bits per heavy atom. The Bertz CT molecular complexity index is 880. The van der Waals surface area contributed by atoms with Crippen molar-refractivity contribution in [3.05, 3.63) is 52.4 Å². The van der Waals surface area contributed by atoms with Crippen molar-refractivity contribution in [3.8, 4) is 0 Å². The number of nitrogens with one attached hydrogen (secondary N) is 1. The van der Waals surface area contributed by atoms with Gasteiger partial charge in [0.1, 0.15) is 17.4 Å². The lowest BCUT2D eigenvalue weighted by Crippen LogP contribution is -2.36. The molecule has 0 unspecified atom stereocenters. The molecule has 2 atom stereocenters. The van der Waals surface area contributed by atoms with Crippen LogP contribution in [0.2, 0.25) is 0 Å². The second kappa shape index (κ2) is 6.71. The highest BCUT2D eigenvalue weighted by Crippen LogP contribution is 2.49. The van der Waals surface area contributed by atoms with Gasteiger partial charge in [-0.3, -0.25) is 10.3 Å². The first-order valence-corrected chi connectivity index (χ1v) is 8.66. The molecule has 3 rings (SSSR count). The van der Waals surface area contributed by atoms with E-state index in [0.717, 1.165) is 23.4 Å². The van der Waals surface area contributed by atoms with E-state index in [-0.39, 0.29) is 10.7 Å². The van der Waals surface area contributed by atoms with Gasteiger partial charge < -0.3 is 9.63 Å². The number of halogens is 2. The number of nitrogens with zero attached hydrogens (tertiary/aromatic N) is 2. The van der Waals surface area contributed by atoms with Gasteiger partial charge in [0, 0.05) is 17.2 Å². The molecule has 138 valence electrons. The summed E-state index contributed by atoms with van der Waals surface area (Å²) in [4.78, 5) is 15.5. The van der Waals surface area contributed by atoms with Crippen molar-refractivity contribution < 1.29 is 23.2 Å². The van der Waals surface area contributed by atoms with E-state index in [1.165, 1.54) is 12.1 Å². The normalized spacial score (nSPS) is 22.8. The van der Waals surface area contributed by atoms with Crippen LogP contribution in [0.5, 0.6) is 0 Å². The van der Waals surface area contributed by atoms with Crippen LogP contribution >= 0.6 is 11.8 Å². The number of hydrogen-bond donors (Lipinski definition) is 2. The SMILES string of the molecule is Cc1noc(C)c1[C@H]1C[C@@](C)(c2ccc(F)cc2F)SC(NC(=O)O)=N1. The summed E-state index contributed by atoms with van der Waals surface area (Å²) in [5.74, 6) is -0.788. The van der Waals surface area contributed by atoms with E-state index in [2.05, 4.69) is 15.5 Å². The van der Waals surface area contributed by atoms with Crippen LogP contribution in [0, 0.1) is 25.5 Å². The van der Waals surface area contributed by atoms with Crippen LogP contribution < -0.4 is 5.32 Å². The molecule has 0 aliphatic carbocycles. The van der Waals surface area contributed by atoms with E-state index in [0.29, 0.717) is 17.9 Å². The van der Waals surface area contributed by atoms with Crippen molar-refractivity contribution in [1.82, 2.24) is 10.5 Å². The summed E-state index contributed by atoms with van der Waals surface area (Å²) in [6.07, 6.45) is -0.897. The number of hydrogen-bond acceptors (Lipinski definition) is 5. The fourth-order valence-electron chi connectivity index (χ4n) is 3.20. The maximum absolute atomic E-state index is 14.4. The summed E-state index contributed by atoms with van der Waals surface area (Å²) in [5.41, 5.74) is 1.66. The second-order valence-corrected chi connectivity index (χ2v) is 7.77. The van der Waals surface area contributed by atoms with Crippen LogP contribution in [0.25, 0.3) is 0 Å². The van der Waals surface area contributed by atoms with Gasteiger partial charge in [-0.25, -0.2) is 13.6 Å². The number of aromatic nitrogens is 1. The molecule has 2 aromatic rings. The van der Waals surface area contributed by atoms with E-state index < -0.39 is 28.5 Å². The van der Waals surface area contributed by atoms with E-state index in [1.807, 2.05) is 0 Å². The quantitative estimate of drug-likeness (QED) is 0.810. The molecule has 0 fully saturated rings. The molecule has 6 nitrogen and oxygen atoms in total. The zero-order valence-corrected chi connectivity index (χ0v) is 15.2. The Morgan fingerprint density at radius 3 is 2.73 bits per heavy atom. The van der Waals surface area contributed by atoms with Crippen LogP contribution in [0.15, 0.2) is 27.7 Å². The zero-order chi connectivity index (χ0) is 19.1. The Kier molecular flexibility index (Phi) is 4.74. The number of rotatable bonds is 2. The minimum absolute atomic E-state index is 0.139. The van der Waals surface area contributed by atoms with Gasteiger partial charge in [0.25, 0.3) is 0 Å². The predicted molar refractivity (Wildman–Crippen MR) is 93.2 cm³/mol. The number of benzene rings is 1. The third-order valence-electron chi connectivity index (χ3n) is 4.31. The fraction of sp³-hybridized carbons (Fsp3) is 0.353. The molecule has 0 saturated heterocycles. The molecule has 1 amide bonds. The predicted octanol–water partition coefficient (Wildman–Crippen LogP) is 4.29.